The Bertz CT molecular complexity index is 147. The first-order chi connectivity index (χ1) is 6.68. The fraction of sp³-hybridized carbons (Fsp3) is 1.00. The predicted molar refractivity (Wildman–Crippen MR) is 60.4 cm³/mol. The van der Waals surface area contributed by atoms with Gasteiger partial charge in [0.25, 0.3) is 0 Å². The normalized spacial score (nSPS) is 26.4. The molecule has 0 saturated carbocycles. The van der Waals surface area contributed by atoms with E-state index in [1.807, 2.05) is 6.92 Å². The summed E-state index contributed by atoms with van der Waals surface area (Å²) in [5, 5.41) is 9.12. The van der Waals surface area contributed by atoms with Gasteiger partial charge in [-0.3, -0.25) is 0 Å². The van der Waals surface area contributed by atoms with Crippen molar-refractivity contribution in [3.05, 3.63) is 0 Å². The summed E-state index contributed by atoms with van der Waals surface area (Å²) in [5.41, 5.74) is 0. The second kappa shape index (κ2) is 6.41. The topological polar surface area (TPSA) is 23.5 Å². The Morgan fingerprint density at radius 3 is 2.86 bits per heavy atom. The maximum Gasteiger partial charge on any atom is 0.0512 e. The van der Waals surface area contributed by atoms with Crippen molar-refractivity contribution in [3.63, 3.8) is 0 Å². The minimum Gasteiger partial charge on any atom is -0.393 e. The molecule has 0 bridgehead atoms. The Morgan fingerprint density at radius 2 is 2.21 bits per heavy atom. The van der Waals surface area contributed by atoms with Gasteiger partial charge >= 0.3 is 0 Å². The van der Waals surface area contributed by atoms with Crippen molar-refractivity contribution in [2.24, 2.45) is 5.92 Å². The fourth-order valence-corrected chi connectivity index (χ4v) is 2.26. The summed E-state index contributed by atoms with van der Waals surface area (Å²) in [6, 6.07) is 0. The molecule has 2 heteroatoms. The van der Waals surface area contributed by atoms with E-state index < -0.39 is 0 Å². The van der Waals surface area contributed by atoms with E-state index in [0.29, 0.717) is 0 Å². The van der Waals surface area contributed by atoms with Gasteiger partial charge in [-0.05, 0) is 58.0 Å². The van der Waals surface area contributed by atoms with E-state index in [1.165, 1.54) is 45.3 Å². The van der Waals surface area contributed by atoms with Crippen LogP contribution in [0.15, 0.2) is 0 Å². The third kappa shape index (κ3) is 4.97. The quantitative estimate of drug-likeness (QED) is 0.687. The largest absolute Gasteiger partial charge is 0.393 e. The molecule has 0 radical (unpaired) electrons. The van der Waals surface area contributed by atoms with Gasteiger partial charge in [0.1, 0.15) is 0 Å². The molecule has 1 aliphatic rings. The third-order valence-corrected chi connectivity index (χ3v) is 3.09. The minimum atomic E-state index is -0.115. The molecule has 1 rings (SSSR count). The molecule has 1 heterocycles. The zero-order valence-corrected chi connectivity index (χ0v) is 9.71. The van der Waals surface area contributed by atoms with E-state index in [4.69, 9.17) is 5.11 Å². The van der Waals surface area contributed by atoms with Crippen molar-refractivity contribution in [3.8, 4) is 0 Å². The smallest absolute Gasteiger partial charge is 0.0512 e. The first-order valence-corrected chi connectivity index (χ1v) is 6.09. The Morgan fingerprint density at radius 1 is 1.43 bits per heavy atom. The highest BCUT2D eigenvalue weighted by Crippen LogP contribution is 2.15. The molecule has 0 aliphatic carbocycles. The molecule has 0 aromatic heterocycles. The van der Waals surface area contributed by atoms with Crippen LogP contribution in [0.4, 0.5) is 0 Å². The molecule has 1 aliphatic heterocycles. The van der Waals surface area contributed by atoms with Crippen molar-refractivity contribution >= 4 is 0 Å². The Labute approximate surface area is 88.3 Å². The molecule has 2 nitrogen and oxygen atoms in total. The zero-order valence-electron chi connectivity index (χ0n) is 9.71. The van der Waals surface area contributed by atoms with Crippen LogP contribution in [-0.4, -0.2) is 35.7 Å². The van der Waals surface area contributed by atoms with Crippen molar-refractivity contribution in [2.75, 3.05) is 19.6 Å². The Balaban J connectivity index is 2.00. The van der Waals surface area contributed by atoms with Gasteiger partial charge in [-0.15, -0.1) is 0 Å². The maximum atomic E-state index is 9.12. The van der Waals surface area contributed by atoms with Crippen molar-refractivity contribution in [2.45, 2.75) is 52.1 Å². The van der Waals surface area contributed by atoms with Crippen LogP contribution in [0.3, 0.4) is 0 Å². The molecule has 0 aromatic carbocycles. The lowest BCUT2D eigenvalue weighted by Crippen LogP contribution is -2.34. The highest BCUT2D eigenvalue weighted by atomic mass is 16.3. The number of nitrogens with zero attached hydrogens (tertiary/aromatic N) is 1. The summed E-state index contributed by atoms with van der Waals surface area (Å²) in [4.78, 5) is 2.58. The van der Waals surface area contributed by atoms with Crippen LogP contribution in [-0.2, 0) is 0 Å². The number of hydrogen-bond donors (Lipinski definition) is 1. The molecular formula is C12H25NO. The summed E-state index contributed by atoms with van der Waals surface area (Å²) in [6.45, 7) is 8.04. The van der Waals surface area contributed by atoms with Crippen LogP contribution in [0.1, 0.15) is 46.0 Å². The van der Waals surface area contributed by atoms with Gasteiger partial charge in [-0.25, -0.2) is 0 Å². The average molecular weight is 199 g/mol. The second-order valence-corrected chi connectivity index (χ2v) is 4.89. The highest BCUT2D eigenvalue weighted by Gasteiger charge is 2.15. The summed E-state index contributed by atoms with van der Waals surface area (Å²) < 4.78 is 0. The van der Waals surface area contributed by atoms with Crippen LogP contribution in [0.25, 0.3) is 0 Å². The lowest BCUT2D eigenvalue weighted by molar-refractivity contribution is 0.163. The Kier molecular flexibility index (Phi) is 5.49. The number of rotatable bonds is 5. The molecule has 2 atom stereocenters. The van der Waals surface area contributed by atoms with Crippen LogP contribution in [0, 0.1) is 5.92 Å². The van der Waals surface area contributed by atoms with E-state index in [9.17, 15) is 0 Å². The first-order valence-electron chi connectivity index (χ1n) is 6.09. The third-order valence-electron chi connectivity index (χ3n) is 3.09. The van der Waals surface area contributed by atoms with Crippen LogP contribution in [0.5, 0.6) is 0 Å². The number of piperidine rings is 1. The van der Waals surface area contributed by atoms with Crippen LogP contribution < -0.4 is 0 Å². The van der Waals surface area contributed by atoms with Gasteiger partial charge in [0.05, 0.1) is 6.10 Å². The van der Waals surface area contributed by atoms with Crippen molar-refractivity contribution in [1.29, 1.82) is 0 Å². The molecule has 0 spiro atoms. The Hall–Kier alpha value is -0.0800. The van der Waals surface area contributed by atoms with E-state index in [2.05, 4.69) is 11.8 Å². The SMILES string of the molecule is CC(O)CCCCN1CCCC(C)C1. The summed E-state index contributed by atoms with van der Waals surface area (Å²) in [7, 11) is 0. The van der Waals surface area contributed by atoms with Gasteiger partial charge in [0.15, 0.2) is 0 Å². The number of hydrogen-bond acceptors (Lipinski definition) is 2. The van der Waals surface area contributed by atoms with E-state index in [1.54, 1.807) is 0 Å². The molecule has 1 saturated heterocycles. The highest BCUT2D eigenvalue weighted by molar-refractivity contribution is 4.69. The fourth-order valence-electron chi connectivity index (χ4n) is 2.26. The molecule has 1 N–H and O–H groups in total. The van der Waals surface area contributed by atoms with Crippen LogP contribution >= 0.6 is 0 Å². The van der Waals surface area contributed by atoms with Gasteiger partial charge in [0, 0.05) is 6.54 Å². The number of aliphatic hydroxyl groups is 1. The average Bonchev–Trinajstić information content (AvgIpc) is 2.12. The molecule has 14 heavy (non-hydrogen) atoms. The lowest BCUT2D eigenvalue weighted by Gasteiger charge is -2.30. The summed E-state index contributed by atoms with van der Waals surface area (Å²) in [6.07, 6.45) is 6.04. The molecule has 0 amide bonds. The van der Waals surface area contributed by atoms with Crippen molar-refractivity contribution in [1.82, 2.24) is 4.90 Å². The molecule has 2 unspecified atom stereocenters. The monoisotopic (exact) mass is 199 g/mol. The van der Waals surface area contributed by atoms with E-state index in [0.717, 1.165) is 12.3 Å². The number of unbranched alkanes of at least 4 members (excludes halogenated alkanes) is 1. The van der Waals surface area contributed by atoms with Gasteiger partial charge in [-0.1, -0.05) is 6.92 Å². The molecule has 84 valence electrons. The van der Waals surface area contributed by atoms with E-state index >= 15 is 0 Å². The number of aliphatic hydroxyl groups excluding tert-OH is 1. The number of likely N-dealkylation sites (tertiary alicyclic amines) is 1. The standard InChI is InChI=1S/C12H25NO/c1-11-6-5-9-13(10-11)8-4-3-7-12(2)14/h11-12,14H,3-10H2,1-2H3. The maximum absolute atomic E-state index is 9.12. The van der Waals surface area contributed by atoms with Crippen LogP contribution in [0.2, 0.25) is 0 Å². The van der Waals surface area contributed by atoms with Gasteiger partial charge < -0.3 is 10.0 Å². The molecule has 1 fully saturated rings. The summed E-state index contributed by atoms with van der Waals surface area (Å²) in [5.74, 6) is 0.889. The van der Waals surface area contributed by atoms with E-state index in [-0.39, 0.29) is 6.10 Å². The predicted octanol–water partition coefficient (Wildman–Crippen LogP) is 2.27. The van der Waals surface area contributed by atoms with Gasteiger partial charge in [0.2, 0.25) is 0 Å². The first kappa shape index (κ1) is 12.0. The zero-order chi connectivity index (χ0) is 10.4. The second-order valence-electron chi connectivity index (χ2n) is 4.89. The molecular weight excluding hydrogens is 174 g/mol. The minimum absolute atomic E-state index is 0.115. The summed E-state index contributed by atoms with van der Waals surface area (Å²) >= 11 is 0. The van der Waals surface area contributed by atoms with Gasteiger partial charge in [-0.2, -0.15) is 0 Å². The molecule has 0 aromatic rings. The lowest BCUT2D eigenvalue weighted by atomic mass is 10.00. The van der Waals surface area contributed by atoms with Crippen molar-refractivity contribution < 1.29 is 5.11 Å².